The van der Waals surface area contributed by atoms with Gasteiger partial charge >= 0.3 is 0 Å². The van der Waals surface area contributed by atoms with Gasteiger partial charge in [0.2, 0.25) is 0 Å². The number of aliphatic hydroxyl groups is 1. The maximum Gasteiger partial charge on any atom is 0.134 e. The topological polar surface area (TPSA) is 58.0 Å². The van der Waals surface area contributed by atoms with Crippen molar-refractivity contribution in [1.82, 2.24) is 9.97 Å². The van der Waals surface area contributed by atoms with E-state index in [2.05, 4.69) is 15.3 Å². The average Bonchev–Trinajstić information content (AvgIpc) is 2.09. The lowest BCUT2D eigenvalue weighted by Gasteiger charge is -2.31. The van der Waals surface area contributed by atoms with Crippen LogP contribution in [0.25, 0.3) is 0 Å². The molecule has 1 fully saturated rings. The Morgan fingerprint density at radius 3 is 2.87 bits per heavy atom. The normalized spacial score (nSPS) is 24.7. The van der Waals surface area contributed by atoms with Gasteiger partial charge in [-0.1, -0.05) is 11.6 Å². The van der Waals surface area contributed by atoms with Crippen molar-refractivity contribution in [2.75, 3.05) is 11.9 Å². The Hall–Kier alpha value is -0.870. The van der Waals surface area contributed by atoms with Gasteiger partial charge in [-0.25, -0.2) is 9.97 Å². The zero-order valence-corrected chi connectivity index (χ0v) is 9.33. The van der Waals surface area contributed by atoms with Gasteiger partial charge in [-0.05, 0) is 25.7 Å². The third kappa shape index (κ3) is 2.79. The maximum atomic E-state index is 9.13. The van der Waals surface area contributed by atoms with Gasteiger partial charge < -0.3 is 10.4 Å². The van der Waals surface area contributed by atoms with E-state index < -0.39 is 0 Å². The summed E-state index contributed by atoms with van der Waals surface area (Å²) in [4.78, 5) is 8.20. The summed E-state index contributed by atoms with van der Waals surface area (Å²) in [6.07, 6.45) is 1.66. The molecule has 15 heavy (non-hydrogen) atoms. The summed E-state index contributed by atoms with van der Waals surface area (Å²) >= 11 is 5.81. The lowest BCUT2D eigenvalue weighted by Crippen LogP contribution is -2.33. The fourth-order valence-corrected chi connectivity index (χ4v) is 1.96. The number of rotatable bonds is 3. The highest BCUT2D eigenvalue weighted by atomic mass is 35.5. The third-order valence-electron chi connectivity index (χ3n) is 2.59. The van der Waals surface area contributed by atoms with Gasteiger partial charge in [-0.3, -0.25) is 0 Å². The van der Waals surface area contributed by atoms with Crippen LogP contribution in [0.4, 0.5) is 5.82 Å². The molecule has 1 aromatic heterocycles. The summed E-state index contributed by atoms with van der Waals surface area (Å²) in [5, 5.41) is 12.8. The second kappa shape index (κ2) is 4.33. The van der Waals surface area contributed by atoms with Crippen molar-refractivity contribution >= 4 is 17.4 Å². The highest BCUT2D eigenvalue weighted by molar-refractivity contribution is 6.29. The molecule has 2 rings (SSSR count). The molecule has 82 valence electrons. The predicted molar refractivity (Wildman–Crippen MR) is 59.0 cm³/mol. The second-order valence-electron chi connectivity index (χ2n) is 4.00. The molecule has 1 saturated carbocycles. The van der Waals surface area contributed by atoms with E-state index in [0.29, 0.717) is 16.9 Å². The number of hydrogen-bond acceptors (Lipinski definition) is 4. The van der Waals surface area contributed by atoms with Gasteiger partial charge in [0.15, 0.2) is 0 Å². The highest BCUT2D eigenvalue weighted by Crippen LogP contribution is 2.27. The number of anilines is 1. The van der Waals surface area contributed by atoms with Crippen LogP contribution < -0.4 is 5.32 Å². The Balaban J connectivity index is 1.88. The van der Waals surface area contributed by atoms with Gasteiger partial charge in [0.05, 0.1) is 6.10 Å². The maximum absolute atomic E-state index is 9.13. The Kier molecular flexibility index (Phi) is 3.07. The molecule has 1 aliphatic rings. The minimum absolute atomic E-state index is 0.104. The SMILES string of the molecule is Cc1nc(Cl)cc(NCC2CC(O)C2)n1. The molecule has 0 bridgehead atoms. The van der Waals surface area contributed by atoms with Crippen LogP contribution in [0.2, 0.25) is 5.15 Å². The first-order valence-electron chi connectivity index (χ1n) is 5.06. The van der Waals surface area contributed by atoms with Crippen molar-refractivity contribution in [2.45, 2.75) is 25.9 Å². The average molecular weight is 228 g/mol. The molecule has 4 nitrogen and oxygen atoms in total. The van der Waals surface area contributed by atoms with Gasteiger partial charge in [0.25, 0.3) is 0 Å². The number of aliphatic hydroxyl groups excluding tert-OH is 1. The molecule has 0 unspecified atom stereocenters. The number of aromatic nitrogens is 2. The smallest absolute Gasteiger partial charge is 0.134 e. The number of nitrogens with one attached hydrogen (secondary N) is 1. The molecule has 0 saturated heterocycles. The quantitative estimate of drug-likeness (QED) is 0.771. The first-order valence-corrected chi connectivity index (χ1v) is 5.44. The molecule has 0 amide bonds. The van der Waals surface area contributed by atoms with Gasteiger partial charge in [0, 0.05) is 12.6 Å². The molecular formula is C10H14ClN3O. The van der Waals surface area contributed by atoms with Crippen LogP contribution in [0.3, 0.4) is 0 Å². The largest absolute Gasteiger partial charge is 0.393 e. The molecule has 0 radical (unpaired) electrons. The van der Waals surface area contributed by atoms with Crippen molar-refractivity contribution in [1.29, 1.82) is 0 Å². The summed E-state index contributed by atoms with van der Waals surface area (Å²) in [6, 6.07) is 1.71. The van der Waals surface area contributed by atoms with Crippen molar-refractivity contribution in [3.8, 4) is 0 Å². The van der Waals surface area contributed by atoms with E-state index in [1.54, 1.807) is 6.07 Å². The first kappa shape index (κ1) is 10.6. The summed E-state index contributed by atoms with van der Waals surface area (Å²) in [5.74, 6) is 1.97. The van der Waals surface area contributed by atoms with Crippen molar-refractivity contribution in [3.05, 3.63) is 17.0 Å². The van der Waals surface area contributed by atoms with E-state index in [4.69, 9.17) is 16.7 Å². The fourth-order valence-electron chi connectivity index (χ4n) is 1.74. The minimum Gasteiger partial charge on any atom is -0.393 e. The Bertz CT molecular complexity index is 332. The van der Waals surface area contributed by atoms with Crippen LogP contribution in [0.5, 0.6) is 0 Å². The summed E-state index contributed by atoms with van der Waals surface area (Å²) in [7, 11) is 0. The van der Waals surface area contributed by atoms with Crippen LogP contribution in [0, 0.1) is 12.8 Å². The Labute approximate surface area is 93.7 Å². The molecule has 0 aromatic carbocycles. The monoisotopic (exact) mass is 227 g/mol. The zero-order chi connectivity index (χ0) is 10.8. The lowest BCUT2D eigenvalue weighted by atomic mass is 9.82. The molecule has 2 N–H and O–H groups in total. The number of hydrogen-bond donors (Lipinski definition) is 2. The van der Waals surface area contributed by atoms with Crippen molar-refractivity contribution in [3.63, 3.8) is 0 Å². The summed E-state index contributed by atoms with van der Waals surface area (Å²) in [6.45, 7) is 2.65. The summed E-state index contributed by atoms with van der Waals surface area (Å²) < 4.78 is 0. The van der Waals surface area contributed by atoms with Crippen molar-refractivity contribution in [2.24, 2.45) is 5.92 Å². The predicted octanol–water partition coefficient (Wildman–Crippen LogP) is 1.62. The van der Waals surface area contributed by atoms with Crippen LogP contribution >= 0.6 is 11.6 Å². The standard InChI is InChI=1S/C10H14ClN3O/c1-6-13-9(11)4-10(14-6)12-5-7-2-8(15)3-7/h4,7-8,15H,2-3,5H2,1H3,(H,12,13,14). The second-order valence-corrected chi connectivity index (χ2v) is 4.38. The van der Waals surface area contributed by atoms with E-state index in [0.717, 1.165) is 25.2 Å². The molecule has 0 aliphatic heterocycles. The van der Waals surface area contributed by atoms with Crippen molar-refractivity contribution < 1.29 is 5.11 Å². The Morgan fingerprint density at radius 2 is 2.27 bits per heavy atom. The van der Waals surface area contributed by atoms with E-state index >= 15 is 0 Å². The fraction of sp³-hybridized carbons (Fsp3) is 0.600. The zero-order valence-electron chi connectivity index (χ0n) is 8.57. The van der Waals surface area contributed by atoms with E-state index in [-0.39, 0.29) is 6.10 Å². The van der Waals surface area contributed by atoms with Gasteiger partial charge in [0.1, 0.15) is 16.8 Å². The summed E-state index contributed by atoms with van der Waals surface area (Å²) in [5.41, 5.74) is 0. The van der Waals surface area contributed by atoms with Crippen LogP contribution in [0.15, 0.2) is 6.07 Å². The Morgan fingerprint density at radius 1 is 1.53 bits per heavy atom. The molecule has 0 atom stereocenters. The highest BCUT2D eigenvalue weighted by Gasteiger charge is 2.26. The van der Waals surface area contributed by atoms with E-state index in [1.807, 2.05) is 6.92 Å². The van der Waals surface area contributed by atoms with E-state index in [1.165, 1.54) is 0 Å². The molecule has 1 aromatic rings. The molecule has 1 heterocycles. The number of nitrogens with zero attached hydrogens (tertiary/aromatic N) is 2. The number of aryl methyl sites for hydroxylation is 1. The molecule has 5 heteroatoms. The number of halogens is 1. The van der Waals surface area contributed by atoms with Crippen LogP contribution in [-0.4, -0.2) is 27.7 Å². The van der Waals surface area contributed by atoms with Crippen LogP contribution in [-0.2, 0) is 0 Å². The third-order valence-corrected chi connectivity index (χ3v) is 2.78. The minimum atomic E-state index is -0.104. The molecular weight excluding hydrogens is 214 g/mol. The van der Waals surface area contributed by atoms with Gasteiger partial charge in [-0.15, -0.1) is 0 Å². The van der Waals surface area contributed by atoms with E-state index in [9.17, 15) is 0 Å². The molecule has 1 aliphatic carbocycles. The lowest BCUT2D eigenvalue weighted by molar-refractivity contribution is 0.0486. The van der Waals surface area contributed by atoms with Gasteiger partial charge in [-0.2, -0.15) is 0 Å². The van der Waals surface area contributed by atoms with Crippen LogP contribution in [0.1, 0.15) is 18.7 Å². The molecule has 0 spiro atoms. The first-order chi connectivity index (χ1) is 7.13.